The lowest BCUT2D eigenvalue weighted by Gasteiger charge is -2.32. The maximum absolute atomic E-state index is 14.3. The highest BCUT2D eigenvalue weighted by Crippen LogP contribution is 2.37. The Hall–Kier alpha value is -1.67. The largest absolute Gasteiger partial charge is 0.495 e. The maximum atomic E-state index is 14.3. The zero-order chi connectivity index (χ0) is 20.6. The average molecular weight is 382 g/mol. The lowest BCUT2D eigenvalue weighted by molar-refractivity contribution is 0.00578. The van der Waals surface area contributed by atoms with Gasteiger partial charge in [0.2, 0.25) is 0 Å². The standard InChI is InChI=1S/C19H29BF2N2O3/c1-12-10-14(21)15(24-16(25)23-9-8-17(2,3)22)11-13(12)20-26-18(4,5)19(6,7)27-20/h10-11H,8-9H2,1-7H3,(H2,23,24,25). The van der Waals surface area contributed by atoms with Crippen LogP contribution in [-0.4, -0.2) is 36.6 Å². The molecule has 8 heteroatoms. The molecule has 1 aliphatic heterocycles. The van der Waals surface area contributed by atoms with Crippen LogP contribution in [0.3, 0.4) is 0 Å². The van der Waals surface area contributed by atoms with E-state index in [-0.39, 0.29) is 18.7 Å². The van der Waals surface area contributed by atoms with Crippen LogP contribution >= 0.6 is 0 Å². The molecule has 0 aliphatic carbocycles. The fourth-order valence-electron chi connectivity index (χ4n) is 2.65. The second-order valence-corrected chi connectivity index (χ2v) is 8.63. The van der Waals surface area contributed by atoms with E-state index in [1.54, 1.807) is 6.92 Å². The van der Waals surface area contributed by atoms with Crippen molar-refractivity contribution in [1.29, 1.82) is 0 Å². The minimum atomic E-state index is -1.38. The topological polar surface area (TPSA) is 59.6 Å². The minimum absolute atomic E-state index is 0.0160. The number of benzene rings is 1. The number of nitrogens with one attached hydrogen (secondary N) is 2. The Morgan fingerprint density at radius 1 is 1.19 bits per heavy atom. The number of carbonyl (C=O) groups is 1. The first kappa shape index (κ1) is 21.6. The van der Waals surface area contributed by atoms with Crippen molar-refractivity contribution >= 4 is 24.3 Å². The highest BCUT2D eigenvalue weighted by Gasteiger charge is 2.52. The van der Waals surface area contributed by atoms with E-state index in [2.05, 4.69) is 10.6 Å². The van der Waals surface area contributed by atoms with E-state index in [4.69, 9.17) is 9.31 Å². The molecule has 2 amide bonds. The van der Waals surface area contributed by atoms with Crippen molar-refractivity contribution in [1.82, 2.24) is 5.32 Å². The van der Waals surface area contributed by atoms with Gasteiger partial charge in [0.25, 0.3) is 0 Å². The Bertz CT molecular complexity index is 702. The fourth-order valence-corrected chi connectivity index (χ4v) is 2.65. The normalized spacial score (nSPS) is 18.5. The van der Waals surface area contributed by atoms with Crippen LogP contribution in [0.15, 0.2) is 12.1 Å². The number of hydrogen-bond donors (Lipinski definition) is 2. The van der Waals surface area contributed by atoms with Crippen molar-refractivity contribution in [2.24, 2.45) is 0 Å². The molecule has 2 rings (SSSR count). The molecule has 0 saturated carbocycles. The maximum Gasteiger partial charge on any atom is 0.495 e. The molecular formula is C19H29BF2N2O3. The van der Waals surface area contributed by atoms with E-state index >= 15 is 0 Å². The molecule has 1 aromatic carbocycles. The molecule has 1 aliphatic rings. The van der Waals surface area contributed by atoms with Crippen LogP contribution in [0.5, 0.6) is 0 Å². The van der Waals surface area contributed by atoms with E-state index in [0.29, 0.717) is 11.0 Å². The molecule has 150 valence electrons. The van der Waals surface area contributed by atoms with Crippen molar-refractivity contribution in [3.63, 3.8) is 0 Å². The minimum Gasteiger partial charge on any atom is -0.399 e. The summed E-state index contributed by atoms with van der Waals surface area (Å²) < 4.78 is 39.8. The molecule has 0 radical (unpaired) electrons. The number of urea groups is 1. The Balaban J connectivity index is 2.13. The van der Waals surface area contributed by atoms with Crippen molar-refractivity contribution < 1.29 is 22.9 Å². The lowest BCUT2D eigenvalue weighted by atomic mass is 9.76. The van der Waals surface area contributed by atoms with Gasteiger partial charge in [-0.15, -0.1) is 0 Å². The van der Waals surface area contributed by atoms with E-state index in [0.717, 1.165) is 0 Å². The zero-order valence-corrected chi connectivity index (χ0v) is 17.1. The smallest absolute Gasteiger partial charge is 0.399 e. The summed E-state index contributed by atoms with van der Waals surface area (Å²) in [6.07, 6.45) is 0.163. The first-order valence-corrected chi connectivity index (χ1v) is 9.11. The number of hydrogen-bond acceptors (Lipinski definition) is 3. The molecule has 0 bridgehead atoms. The van der Waals surface area contributed by atoms with Gasteiger partial charge in [0, 0.05) is 6.54 Å². The lowest BCUT2D eigenvalue weighted by Crippen LogP contribution is -2.41. The van der Waals surface area contributed by atoms with Crippen LogP contribution < -0.4 is 16.1 Å². The number of carbonyl (C=O) groups excluding carboxylic acids is 1. The van der Waals surface area contributed by atoms with E-state index in [1.807, 2.05) is 27.7 Å². The second kappa shape index (κ2) is 7.39. The average Bonchev–Trinajstić information content (AvgIpc) is 2.68. The fraction of sp³-hybridized carbons (Fsp3) is 0.632. The number of anilines is 1. The Morgan fingerprint density at radius 2 is 1.74 bits per heavy atom. The first-order valence-electron chi connectivity index (χ1n) is 9.11. The second-order valence-electron chi connectivity index (χ2n) is 8.63. The summed E-state index contributed by atoms with van der Waals surface area (Å²) in [5.74, 6) is -0.561. The van der Waals surface area contributed by atoms with E-state index in [9.17, 15) is 13.6 Å². The molecule has 1 fully saturated rings. The highest BCUT2D eigenvalue weighted by molar-refractivity contribution is 6.62. The van der Waals surface area contributed by atoms with Gasteiger partial charge in [-0.05, 0) is 78.0 Å². The van der Waals surface area contributed by atoms with Gasteiger partial charge in [0.05, 0.1) is 16.9 Å². The van der Waals surface area contributed by atoms with Crippen molar-refractivity contribution in [3.05, 3.63) is 23.5 Å². The van der Waals surface area contributed by atoms with Crippen LogP contribution in [-0.2, 0) is 9.31 Å². The van der Waals surface area contributed by atoms with Crippen LogP contribution in [0, 0.1) is 12.7 Å². The van der Waals surface area contributed by atoms with Gasteiger partial charge < -0.3 is 19.9 Å². The number of rotatable bonds is 5. The molecule has 0 aromatic heterocycles. The molecule has 2 N–H and O–H groups in total. The zero-order valence-electron chi connectivity index (χ0n) is 17.1. The molecule has 1 aromatic rings. The van der Waals surface area contributed by atoms with Crippen molar-refractivity contribution in [3.8, 4) is 0 Å². The van der Waals surface area contributed by atoms with Gasteiger partial charge in [-0.3, -0.25) is 0 Å². The summed E-state index contributed by atoms with van der Waals surface area (Å²) >= 11 is 0. The van der Waals surface area contributed by atoms with Gasteiger partial charge in [-0.1, -0.05) is 0 Å². The van der Waals surface area contributed by atoms with Gasteiger partial charge >= 0.3 is 13.1 Å². The van der Waals surface area contributed by atoms with E-state index < -0.39 is 35.8 Å². The summed E-state index contributed by atoms with van der Waals surface area (Å²) in [7, 11) is -0.661. The summed E-state index contributed by atoms with van der Waals surface area (Å²) in [6, 6.07) is 2.26. The van der Waals surface area contributed by atoms with E-state index in [1.165, 1.54) is 26.0 Å². The van der Waals surface area contributed by atoms with Crippen LogP contribution in [0.25, 0.3) is 0 Å². The third-order valence-corrected chi connectivity index (χ3v) is 5.12. The Morgan fingerprint density at radius 3 is 2.26 bits per heavy atom. The molecule has 0 atom stereocenters. The Kier molecular flexibility index (Phi) is 5.92. The third kappa shape index (κ3) is 5.20. The van der Waals surface area contributed by atoms with Gasteiger partial charge in [-0.2, -0.15) is 0 Å². The number of alkyl halides is 1. The van der Waals surface area contributed by atoms with Gasteiger partial charge in [0.15, 0.2) is 0 Å². The quantitative estimate of drug-likeness (QED) is 0.764. The van der Waals surface area contributed by atoms with Crippen molar-refractivity contribution in [2.45, 2.75) is 71.8 Å². The molecule has 1 heterocycles. The third-order valence-electron chi connectivity index (χ3n) is 5.12. The Labute approximate surface area is 160 Å². The number of amides is 2. The molecule has 1 saturated heterocycles. The molecule has 0 unspecified atom stereocenters. The molecule has 5 nitrogen and oxygen atoms in total. The summed E-state index contributed by atoms with van der Waals surface area (Å²) in [6.45, 7) is 12.5. The summed E-state index contributed by atoms with van der Waals surface area (Å²) in [4.78, 5) is 12.0. The number of halogens is 2. The predicted molar refractivity (Wildman–Crippen MR) is 104 cm³/mol. The highest BCUT2D eigenvalue weighted by atomic mass is 19.1. The van der Waals surface area contributed by atoms with Crippen LogP contribution in [0.2, 0.25) is 0 Å². The SMILES string of the molecule is Cc1cc(F)c(NC(=O)NCCC(C)(C)F)cc1B1OC(C)(C)C(C)(C)O1. The number of aryl methyl sites for hydroxylation is 1. The summed E-state index contributed by atoms with van der Waals surface area (Å²) in [5, 5.41) is 5.00. The summed E-state index contributed by atoms with van der Waals surface area (Å²) in [5.41, 5.74) is -1.11. The molecular weight excluding hydrogens is 353 g/mol. The first-order chi connectivity index (χ1) is 12.2. The molecule has 0 spiro atoms. The van der Waals surface area contributed by atoms with Crippen molar-refractivity contribution in [2.75, 3.05) is 11.9 Å². The monoisotopic (exact) mass is 382 g/mol. The molecule has 27 heavy (non-hydrogen) atoms. The van der Waals surface area contributed by atoms with Crippen LogP contribution in [0.1, 0.15) is 53.5 Å². The van der Waals surface area contributed by atoms with Gasteiger partial charge in [0.1, 0.15) is 11.5 Å². The predicted octanol–water partition coefficient (Wildman–Crippen LogP) is 3.69. The van der Waals surface area contributed by atoms with Crippen LogP contribution in [0.4, 0.5) is 19.3 Å². The van der Waals surface area contributed by atoms with Gasteiger partial charge in [-0.25, -0.2) is 13.6 Å².